The van der Waals surface area contributed by atoms with Crippen molar-refractivity contribution in [2.24, 2.45) is 5.73 Å². The molecular weight excluding hydrogens is 276 g/mol. The van der Waals surface area contributed by atoms with E-state index in [1.54, 1.807) is 7.11 Å². The highest BCUT2D eigenvalue weighted by Gasteiger charge is 2.18. The van der Waals surface area contributed by atoms with Gasteiger partial charge in [-0.3, -0.25) is 4.90 Å². The lowest BCUT2D eigenvalue weighted by atomic mass is 10.0. The summed E-state index contributed by atoms with van der Waals surface area (Å²) in [5.41, 5.74) is 8.45. The topological polar surface area (TPSA) is 47.7 Å². The summed E-state index contributed by atoms with van der Waals surface area (Å²) in [6.07, 6.45) is 4.98. The molecule has 4 heteroatoms. The van der Waals surface area contributed by atoms with Crippen LogP contribution >= 0.6 is 0 Å². The zero-order valence-corrected chi connectivity index (χ0v) is 13.8. The van der Waals surface area contributed by atoms with Gasteiger partial charge in [0.05, 0.1) is 13.7 Å². The largest absolute Gasteiger partial charge is 0.493 e. The van der Waals surface area contributed by atoms with Gasteiger partial charge in [-0.15, -0.1) is 6.58 Å². The van der Waals surface area contributed by atoms with Crippen molar-refractivity contribution in [1.82, 2.24) is 4.90 Å². The number of piperidine rings is 1. The normalized spacial score (nSPS) is 19.0. The van der Waals surface area contributed by atoms with Crippen LogP contribution < -0.4 is 15.2 Å². The summed E-state index contributed by atoms with van der Waals surface area (Å²) in [5, 5.41) is 0. The quantitative estimate of drug-likeness (QED) is 0.787. The zero-order chi connectivity index (χ0) is 15.9. The van der Waals surface area contributed by atoms with Crippen LogP contribution in [0.2, 0.25) is 0 Å². The van der Waals surface area contributed by atoms with Crippen molar-refractivity contribution >= 4 is 0 Å². The zero-order valence-electron chi connectivity index (χ0n) is 13.8. The molecule has 122 valence electrons. The Morgan fingerprint density at radius 2 is 2.27 bits per heavy atom. The molecule has 2 N–H and O–H groups in total. The number of methoxy groups -OCH3 is 1. The molecule has 1 aromatic carbocycles. The van der Waals surface area contributed by atoms with E-state index in [9.17, 15) is 0 Å². The van der Waals surface area contributed by atoms with E-state index in [1.807, 2.05) is 13.0 Å². The fourth-order valence-corrected chi connectivity index (χ4v) is 3.11. The van der Waals surface area contributed by atoms with Gasteiger partial charge in [0.15, 0.2) is 11.5 Å². The van der Waals surface area contributed by atoms with Crippen LogP contribution in [0.5, 0.6) is 11.5 Å². The van der Waals surface area contributed by atoms with Crippen LogP contribution in [0.4, 0.5) is 0 Å². The van der Waals surface area contributed by atoms with E-state index >= 15 is 0 Å². The molecule has 0 radical (unpaired) electrons. The van der Waals surface area contributed by atoms with Crippen LogP contribution in [0, 0.1) is 0 Å². The average Bonchev–Trinajstić information content (AvgIpc) is 2.48. The van der Waals surface area contributed by atoms with Crippen LogP contribution in [0.3, 0.4) is 0 Å². The lowest BCUT2D eigenvalue weighted by Crippen LogP contribution is -2.42. The van der Waals surface area contributed by atoms with Gasteiger partial charge in [0.2, 0.25) is 0 Å². The highest BCUT2D eigenvalue weighted by atomic mass is 16.5. The maximum absolute atomic E-state index is 6.08. The van der Waals surface area contributed by atoms with Gasteiger partial charge in [0.1, 0.15) is 0 Å². The summed E-state index contributed by atoms with van der Waals surface area (Å²) >= 11 is 0. The van der Waals surface area contributed by atoms with E-state index < -0.39 is 0 Å². The van der Waals surface area contributed by atoms with Crippen LogP contribution in [-0.4, -0.2) is 37.7 Å². The first-order valence-corrected chi connectivity index (χ1v) is 8.09. The standard InChI is InChI=1S/C18H28N2O2/c1-4-7-15-10-14(11-17(22-5-2)18(15)21-3)12-20-9-6-8-16(19)13-20/h4,10-11,16H,1,5-9,12-13,19H2,2-3H3/t16-/m0/s1. The van der Waals surface area contributed by atoms with Crippen molar-refractivity contribution < 1.29 is 9.47 Å². The Hall–Kier alpha value is -1.52. The first kappa shape index (κ1) is 16.8. The van der Waals surface area contributed by atoms with Gasteiger partial charge >= 0.3 is 0 Å². The SMILES string of the molecule is C=CCc1cc(CN2CCC[C@H](N)C2)cc(OCC)c1OC. The summed E-state index contributed by atoms with van der Waals surface area (Å²) < 4.78 is 11.3. The highest BCUT2D eigenvalue weighted by molar-refractivity contribution is 5.50. The van der Waals surface area contributed by atoms with Crippen LogP contribution in [0.15, 0.2) is 24.8 Å². The third-order valence-corrected chi connectivity index (χ3v) is 4.01. The second-order valence-electron chi connectivity index (χ2n) is 5.85. The second-order valence-corrected chi connectivity index (χ2v) is 5.85. The molecule has 0 amide bonds. The van der Waals surface area contributed by atoms with Crippen molar-refractivity contribution in [1.29, 1.82) is 0 Å². The fourth-order valence-electron chi connectivity index (χ4n) is 3.11. The Morgan fingerprint density at radius 1 is 1.45 bits per heavy atom. The number of rotatable bonds is 7. The molecule has 2 rings (SSSR count). The minimum atomic E-state index is 0.297. The molecule has 0 aromatic heterocycles. The van der Waals surface area contributed by atoms with Crippen molar-refractivity contribution in [3.05, 3.63) is 35.9 Å². The van der Waals surface area contributed by atoms with E-state index in [1.165, 1.54) is 12.0 Å². The van der Waals surface area contributed by atoms with Gasteiger partial charge in [0.25, 0.3) is 0 Å². The molecular formula is C18H28N2O2. The van der Waals surface area contributed by atoms with Crippen molar-refractivity contribution in [2.75, 3.05) is 26.8 Å². The van der Waals surface area contributed by atoms with Gasteiger partial charge in [-0.2, -0.15) is 0 Å². The minimum absolute atomic E-state index is 0.297. The number of hydrogen-bond donors (Lipinski definition) is 1. The molecule has 4 nitrogen and oxygen atoms in total. The summed E-state index contributed by atoms with van der Waals surface area (Å²) in [5.74, 6) is 1.64. The number of likely N-dealkylation sites (tertiary alicyclic amines) is 1. The van der Waals surface area contributed by atoms with E-state index in [0.29, 0.717) is 12.6 Å². The summed E-state index contributed by atoms with van der Waals surface area (Å²) in [6.45, 7) is 9.44. The first-order valence-electron chi connectivity index (χ1n) is 8.09. The predicted molar refractivity (Wildman–Crippen MR) is 90.6 cm³/mol. The van der Waals surface area contributed by atoms with Crippen LogP contribution in [0.25, 0.3) is 0 Å². The van der Waals surface area contributed by atoms with Gasteiger partial charge in [-0.1, -0.05) is 12.1 Å². The van der Waals surface area contributed by atoms with Gasteiger partial charge in [-0.05, 0) is 44.4 Å². The molecule has 0 saturated carbocycles. The van der Waals surface area contributed by atoms with E-state index in [-0.39, 0.29) is 0 Å². The number of hydrogen-bond acceptors (Lipinski definition) is 4. The predicted octanol–water partition coefficient (Wildman–Crippen LogP) is 2.75. The number of benzene rings is 1. The Kier molecular flexibility index (Phi) is 6.28. The smallest absolute Gasteiger partial charge is 0.164 e. The summed E-state index contributed by atoms with van der Waals surface area (Å²) in [4.78, 5) is 2.42. The maximum atomic E-state index is 6.08. The van der Waals surface area contributed by atoms with Crippen molar-refractivity contribution in [2.45, 2.75) is 38.8 Å². The van der Waals surface area contributed by atoms with Gasteiger partial charge < -0.3 is 15.2 Å². The van der Waals surface area contributed by atoms with Crippen molar-refractivity contribution in [3.8, 4) is 11.5 Å². The van der Waals surface area contributed by atoms with Crippen LogP contribution in [0.1, 0.15) is 30.9 Å². The van der Waals surface area contributed by atoms with Crippen LogP contribution in [-0.2, 0) is 13.0 Å². The minimum Gasteiger partial charge on any atom is -0.493 e. The van der Waals surface area contributed by atoms with Gasteiger partial charge in [0, 0.05) is 24.7 Å². The second kappa shape index (κ2) is 8.20. The maximum Gasteiger partial charge on any atom is 0.164 e. The molecule has 0 unspecified atom stereocenters. The third-order valence-electron chi connectivity index (χ3n) is 4.01. The molecule has 1 aliphatic rings. The molecule has 1 atom stereocenters. The number of allylic oxidation sites excluding steroid dienone is 1. The van der Waals surface area contributed by atoms with Crippen molar-refractivity contribution in [3.63, 3.8) is 0 Å². The molecule has 1 aromatic rings. The molecule has 1 aliphatic heterocycles. The Bertz CT molecular complexity index is 502. The Morgan fingerprint density at radius 3 is 2.91 bits per heavy atom. The summed E-state index contributed by atoms with van der Waals surface area (Å²) in [7, 11) is 1.69. The molecule has 0 aliphatic carbocycles. The lowest BCUT2D eigenvalue weighted by molar-refractivity contribution is 0.201. The molecule has 1 saturated heterocycles. The number of nitrogens with two attached hydrogens (primary N) is 1. The average molecular weight is 304 g/mol. The molecule has 0 bridgehead atoms. The molecule has 1 heterocycles. The lowest BCUT2D eigenvalue weighted by Gasteiger charge is -2.31. The molecule has 0 spiro atoms. The number of nitrogens with zero attached hydrogens (tertiary/aromatic N) is 1. The third kappa shape index (κ3) is 4.24. The van der Waals surface area contributed by atoms with Gasteiger partial charge in [-0.25, -0.2) is 0 Å². The molecule has 22 heavy (non-hydrogen) atoms. The molecule has 1 fully saturated rings. The fraction of sp³-hybridized carbons (Fsp3) is 0.556. The first-order chi connectivity index (χ1) is 10.7. The van der Waals surface area contributed by atoms with E-state index in [4.69, 9.17) is 15.2 Å². The number of ether oxygens (including phenoxy) is 2. The Labute approximate surface area is 133 Å². The Balaban J connectivity index is 2.24. The van der Waals surface area contributed by atoms with E-state index in [2.05, 4.69) is 23.6 Å². The van der Waals surface area contributed by atoms with E-state index in [0.717, 1.165) is 49.5 Å². The highest BCUT2D eigenvalue weighted by Crippen LogP contribution is 2.34. The summed E-state index contributed by atoms with van der Waals surface area (Å²) in [6, 6.07) is 4.59. The monoisotopic (exact) mass is 304 g/mol.